The predicted octanol–water partition coefficient (Wildman–Crippen LogP) is 4.01. The Hall–Kier alpha value is -2.21. The lowest BCUT2D eigenvalue weighted by Crippen LogP contribution is -2.44. The lowest BCUT2D eigenvalue weighted by molar-refractivity contribution is 0.353. The molecule has 1 atom stereocenters. The smallest absolute Gasteiger partial charge is 0.191 e. The monoisotopic (exact) mass is 389 g/mol. The molecule has 2 N–H and O–H groups in total. The molecule has 1 aromatic heterocycles. The van der Waals surface area contributed by atoms with Crippen LogP contribution in [0.15, 0.2) is 40.0 Å². The minimum absolute atomic E-state index is 0.101. The Morgan fingerprint density at radius 3 is 2.48 bits per heavy atom. The molecule has 0 radical (unpaired) electrons. The fourth-order valence-corrected chi connectivity index (χ4v) is 3.59. The molecule has 1 heterocycles. The number of benzene rings is 1. The Balaban J connectivity index is 1.96. The second-order valence-electron chi connectivity index (χ2n) is 7.22. The van der Waals surface area contributed by atoms with Crippen molar-refractivity contribution in [3.05, 3.63) is 46.2 Å². The van der Waals surface area contributed by atoms with Crippen molar-refractivity contribution >= 4 is 17.3 Å². The van der Waals surface area contributed by atoms with Crippen LogP contribution >= 0.6 is 11.3 Å². The van der Waals surface area contributed by atoms with Crippen molar-refractivity contribution in [3.8, 4) is 11.5 Å². The summed E-state index contributed by atoms with van der Waals surface area (Å²) in [7, 11) is 5.11. The third-order valence-electron chi connectivity index (χ3n) is 4.77. The summed E-state index contributed by atoms with van der Waals surface area (Å²) in [6.45, 7) is 8.20. The molecular formula is C21H31N3O2S. The number of guanidine groups is 1. The molecule has 0 bridgehead atoms. The summed E-state index contributed by atoms with van der Waals surface area (Å²) in [6.07, 6.45) is 0. The van der Waals surface area contributed by atoms with Gasteiger partial charge in [0.05, 0.1) is 14.2 Å². The average Bonchev–Trinajstić information content (AvgIpc) is 3.22. The highest BCUT2D eigenvalue weighted by atomic mass is 32.1. The molecule has 2 aromatic rings. The van der Waals surface area contributed by atoms with Crippen molar-refractivity contribution in [2.75, 3.05) is 34.4 Å². The van der Waals surface area contributed by atoms with Gasteiger partial charge >= 0.3 is 0 Å². The van der Waals surface area contributed by atoms with Gasteiger partial charge in [0.2, 0.25) is 0 Å². The van der Waals surface area contributed by atoms with Gasteiger partial charge in [-0.1, -0.05) is 26.8 Å². The van der Waals surface area contributed by atoms with E-state index in [0.717, 1.165) is 30.5 Å². The zero-order valence-electron chi connectivity index (χ0n) is 17.1. The van der Waals surface area contributed by atoms with Gasteiger partial charge in [0, 0.05) is 25.6 Å². The zero-order valence-corrected chi connectivity index (χ0v) is 17.9. The minimum atomic E-state index is -0.101. The molecule has 1 unspecified atom stereocenters. The summed E-state index contributed by atoms with van der Waals surface area (Å²) in [5.74, 6) is 2.74. The normalized spacial score (nSPS) is 13.2. The molecule has 6 heteroatoms. The number of nitrogens with one attached hydrogen (secondary N) is 2. The highest BCUT2D eigenvalue weighted by Gasteiger charge is 2.23. The largest absolute Gasteiger partial charge is 0.493 e. The summed E-state index contributed by atoms with van der Waals surface area (Å²) in [4.78, 5) is 4.35. The number of hydrogen-bond acceptors (Lipinski definition) is 4. The van der Waals surface area contributed by atoms with Crippen molar-refractivity contribution < 1.29 is 9.47 Å². The molecule has 0 fully saturated rings. The summed E-state index contributed by atoms with van der Waals surface area (Å²) in [5.41, 5.74) is 2.43. The highest BCUT2D eigenvalue weighted by Crippen LogP contribution is 2.32. The van der Waals surface area contributed by atoms with Crippen LogP contribution < -0.4 is 20.1 Å². The number of rotatable bonds is 8. The van der Waals surface area contributed by atoms with Crippen LogP contribution in [0, 0.1) is 0 Å². The van der Waals surface area contributed by atoms with E-state index in [-0.39, 0.29) is 5.41 Å². The Morgan fingerprint density at radius 2 is 1.89 bits per heavy atom. The number of aliphatic imine (C=N–C) groups is 1. The van der Waals surface area contributed by atoms with Crippen LogP contribution in [0.2, 0.25) is 0 Å². The molecule has 148 valence electrons. The molecule has 0 saturated carbocycles. The summed E-state index contributed by atoms with van der Waals surface area (Å²) < 4.78 is 10.8. The Morgan fingerprint density at radius 1 is 1.15 bits per heavy atom. The van der Waals surface area contributed by atoms with Gasteiger partial charge in [0.25, 0.3) is 0 Å². The first kappa shape index (κ1) is 21.1. The predicted molar refractivity (Wildman–Crippen MR) is 115 cm³/mol. The van der Waals surface area contributed by atoms with Gasteiger partial charge in [-0.15, -0.1) is 0 Å². The van der Waals surface area contributed by atoms with E-state index < -0.39 is 0 Å². The van der Waals surface area contributed by atoms with Crippen LogP contribution in [0.3, 0.4) is 0 Å². The van der Waals surface area contributed by atoms with E-state index >= 15 is 0 Å². The maximum atomic E-state index is 5.44. The van der Waals surface area contributed by atoms with E-state index in [9.17, 15) is 0 Å². The Kier molecular flexibility index (Phi) is 7.54. The molecular weight excluding hydrogens is 358 g/mol. The van der Waals surface area contributed by atoms with E-state index in [4.69, 9.17) is 9.47 Å². The van der Waals surface area contributed by atoms with Gasteiger partial charge in [-0.25, -0.2) is 0 Å². The van der Waals surface area contributed by atoms with E-state index in [1.807, 2.05) is 12.1 Å². The standard InChI is InChI=1S/C21H31N3O2S/c1-15(16-9-10-27-13-16)12-23-20(22-4)24-14-21(2,3)17-7-8-18(25-5)19(11-17)26-6/h7-11,13,15H,12,14H2,1-6H3,(H2,22,23,24). The maximum Gasteiger partial charge on any atom is 0.191 e. The molecule has 2 rings (SSSR count). The van der Waals surface area contributed by atoms with E-state index in [1.165, 1.54) is 11.1 Å². The van der Waals surface area contributed by atoms with Crippen molar-refractivity contribution in [2.45, 2.75) is 32.1 Å². The topological polar surface area (TPSA) is 54.9 Å². The fourth-order valence-electron chi connectivity index (χ4n) is 2.81. The number of thiophene rings is 1. The molecule has 0 aliphatic carbocycles. The van der Waals surface area contributed by atoms with Crippen molar-refractivity contribution in [1.29, 1.82) is 0 Å². The lowest BCUT2D eigenvalue weighted by atomic mass is 9.84. The minimum Gasteiger partial charge on any atom is -0.493 e. The van der Waals surface area contributed by atoms with Crippen molar-refractivity contribution in [2.24, 2.45) is 4.99 Å². The zero-order chi connectivity index (χ0) is 19.9. The molecule has 27 heavy (non-hydrogen) atoms. The molecule has 0 aliphatic rings. The van der Waals surface area contributed by atoms with Gasteiger partial charge in [-0.05, 0) is 46.0 Å². The highest BCUT2D eigenvalue weighted by molar-refractivity contribution is 7.07. The third-order valence-corrected chi connectivity index (χ3v) is 5.48. The summed E-state index contributed by atoms with van der Waals surface area (Å²) in [6, 6.07) is 8.24. The molecule has 0 aliphatic heterocycles. The fraction of sp³-hybridized carbons (Fsp3) is 0.476. The van der Waals surface area contributed by atoms with Crippen LogP contribution in [-0.2, 0) is 5.41 Å². The number of hydrogen-bond donors (Lipinski definition) is 2. The molecule has 0 spiro atoms. The first-order chi connectivity index (χ1) is 12.9. The van der Waals surface area contributed by atoms with E-state index in [0.29, 0.717) is 5.92 Å². The van der Waals surface area contributed by atoms with Gasteiger partial charge in [-0.3, -0.25) is 4.99 Å². The van der Waals surface area contributed by atoms with Crippen molar-refractivity contribution in [3.63, 3.8) is 0 Å². The van der Waals surface area contributed by atoms with E-state index in [1.54, 1.807) is 32.6 Å². The number of ether oxygens (including phenoxy) is 2. The van der Waals surface area contributed by atoms with E-state index in [2.05, 4.69) is 59.3 Å². The quantitative estimate of drug-likeness (QED) is 0.529. The van der Waals surface area contributed by atoms with Crippen LogP contribution in [-0.4, -0.2) is 40.3 Å². The third kappa shape index (κ3) is 5.63. The second kappa shape index (κ2) is 9.65. The van der Waals surface area contributed by atoms with Crippen LogP contribution in [0.5, 0.6) is 11.5 Å². The van der Waals surface area contributed by atoms with Gasteiger partial charge < -0.3 is 20.1 Å². The summed E-state index contributed by atoms with van der Waals surface area (Å²) in [5, 5.41) is 11.2. The summed E-state index contributed by atoms with van der Waals surface area (Å²) >= 11 is 1.73. The molecule has 0 saturated heterocycles. The number of nitrogens with zero attached hydrogens (tertiary/aromatic N) is 1. The second-order valence-corrected chi connectivity index (χ2v) is 8.00. The first-order valence-electron chi connectivity index (χ1n) is 9.10. The Labute approximate surface area is 166 Å². The SMILES string of the molecule is CN=C(NCC(C)c1ccsc1)NCC(C)(C)c1ccc(OC)c(OC)c1. The van der Waals surface area contributed by atoms with Crippen LogP contribution in [0.4, 0.5) is 0 Å². The number of methoxy groups -OCH3 is 2. The first-order valence-corrected chi connectivity index (χ1v) is 10.0. The van der Waals surface area contributed by atoms with Gasteiger partial charge in [0.15, 0.2) is 17.5 Å². The average molecular weight is 390 g/mol. The van der Waals surface area contributed by atoms with Gasteiger partial charge in [0.1, 0.15) is 0 Å². The molecule has 5 nitrogen and oxygen atoms in total. The Bertz CT molecular complexity index is 742. The molecule has 0 amide bonds. The van der Waals surface area contributed by atoms with Gasteiger partial charge in [-0.2, -0.15) is 11.3 Å². The van der Waals surface area contributed by atoms with Crippen LogP contribution in [0.25, 0.3) is 0 Å². The molecule has 1 aromatic carbocycles. The lowest BCUT2D eigenvalue weighted by Gasteiger charge is -2.27. The van der Waals surface area contributed by atoms with Crippen molar-refractivity contribution in [1.82, 2.24) is 10.6 Å². The maximum absolute atomic E-state index is 5.44. The van der Waals surface area contributed by atoms with Crippen LogP contribution in [0.1, 0.15) is 37.8 Å².